The first-order chi connectivity index (χ1) is 12.8. The first-order valence-electron chi connectivity index (χ1n) is 9.61. The van der Waals surface area contributed by atoms with Crippen molar-refractivity contribution in [2.24, 2.45) is 0 Å². The molecule has 0 saturated heterocycles. The lowest BCUT2D eigenvalue weighted by Gasteiger charge is -2.21. The van der Waals surface area contributed by atoms with Gasteiger partial charge in [0.15, 0.2) is 6.04 Å². The van der Waals surface area contributed by atoms with Gasteiger partial charge in [0.25, 0.3) is 5.91 Å². The highest BCUT2D eigenvalue weighted by atomic mass is 16.5. The molecule has 4 nitrogen and oxygen atoms in total. The van der Waals surface area contributed by atoms with Crippen LogP contribution in [0, 0.1) is 0 Å². The quantitative estimate of drug-likeness (QED) is 0.779. The van der Waals surface area contributed by atoms with Gasteiger partial charge < -0.3 is 15.4 Å². The molecule has 1 atom stereocenters. The Morgan fingerprint density at radius 1 is 1.04 bits per heavy atom. The number of hydrogen-bond donors (Lipinski definition) is 2. The Hall–Kier alpha value is -2.33. The maximum Gasteiger partial charge on any atom is 0.287 e. The fourth-order valence-electron chi connectivity index (χ4n) is 3.71. The zero-order chi connectivity index (χ0) is 18.2. The number of ether oxygens (including phenoxy) is 1. The van der Waals surface area contributed by atoms with Gasteiger partial charge in [-0.3, -0.25) is 4.79 Å². The first-order valence-corrected chi connectivity index (χ1v) is 9.61. The van der Waals surface area contributed by atoms with Crippen LogP contribution in [0.5, 0.6) is 5.75 Å². The number of amides is 1. The van der Waals surface area contributed by atoms with Crippen molar-refractivity contribution in [3.8, 4) is 5.75 Å². The van der Waals surface area contributed by atoms with Crippen molar-refractivity contribution in [3.63, 3.8) is 0 Å². The van der Waals surface area contributed by atoms with E-state index in [1.165, 1.54) is 38.5 Å². The van der Waals surface area contributed by atoms with Crippen molar-refractivity contribution in [2.45, 2.75) is 50.6 Å². The number of carbonyl (C=O) groups excluding carboxylic acids is 1. The van der Waals surface area contributed by atoms with Crippen molar-refractivity contribution in [1.29, 1.82) is 0 Å². The van der Waals surface area contributed by atoms with E-state index in [-0.39, 0.29) is 11.9 Å². The van der Waals surface area contributed by atoms with Crippen LogP contribution >= 0.6 is 0 Å². The van der Waals surface area contributed by atoms with Gasteiger partial charge in [-0.15, -0.1) is 0 Å². The van der Waals surface area contributed by atoms with Gasteiger partial charge in [0.1, 0.15) is 5.75 Å². The third-order valence-corrected chi connectivity index (χ3v) is 5.14. The molecule has 0 unspecified atom stereocenters. The Morgan fingerprint density at radius 3 is 2.46 bits per heavy atom. The number of quaternary nitrogens is 1. The lowest BCUT2D eigenvalue weighted by Crippen LogP contribution is -2.92. The minimum atomic E-state index is -0.231. The molecule has 138 valence electrons. The number of hydrogen-bond acceptors (Lipinski definition) is 2. The molecule has 1 aliphatic rings. The number of carbonyl (C=O) groups is 1. The predicted octanol–water partition coefficient (Wildman–Crippen LogP) is 3.66. The summed E-state index contributed by atoms with van der Waals surface area (Å²) in [5, 5.41) is 5.34. The van der Waals surface area contributed by atoms with E-state index in [2.05, 4.69) is 10.6 Å². The number of nitrogens with one attached hydrogen (secondary N) is 1. The normalized spacial score (nSPS) is 16.5. The second-order valence-corrected chi connectivity index (χ2v) is 7.05. The summed E-state index contributed by atoms with van der Waals surface area (Å²) < 4.78 is 5.26. The summed E-state index contributed by atoms with van der Waals surface area (Å²) in [6.45, 7) is 0. The van der Waals surface area contributed by atoms with E-state index in [0.29, 0.717) is 6.04 Å². The molecule has 1 saturated carbocycles. The Morgan fingerprint density at radius 2 is 1.77 bits per heavy atom. The summed E-state index contributed by atoms with van der Waals surface area (Å²) in [5.74, 6) is 0.764. The Kier molecular flexibility index (Phi) is 6.67. The SMILES string of the molecule is COc1cccc(NC(=O)[C@H]([NH2+]C2CCCCCC2)c2ccccc2)c1. The zero-order valence-corrected chi connectivity index (χ0v) is 15.5. The number of rotatable bonds is 6. The van der Waals surface area contributed by atoms with Crippen LogP contribution in [0.2, 0.25) is 0 Å². The maximum absolute atomic E-state index is 13.1. The minimum absolute atomic E-state index is 0.0219. The molecule has 2 aromatic carbocycles. The molecule has 3 rings (SSSR count). The maximum atomic E-state index is 13.1. The van der Waals surface area contributed by atoms with E-state index in [9.17, 15) is 4.79 Å². The summed E-state index contributed by atoms with van der Waals surface area (Å²) in [7, 11) is 1.63. The van der Waals surface area contributed by atoms with Crippen molar-refractivity contribution < 1.29 is 14.8 Å². The van der Waals surface area contributed by atoms with Crippen LogP contribution in [-0.4, -0.2) is 19.1 Å². The average Bonchev–Trinajstić information content (AvgIpc) is 2.95. The van der Waals surface area contributed by atoms with E-state index in [4.69, 9.17) is 4.74 Å². The molecule has 1 amide bonds. The molecule has 0 radical (unpaired) electrons. The number of methoxy groups -OCH3 is 1. The van der Waals surface area contributed by atoms with Crippen LogP contribution in [0.4, 0.5) is 5.69 Å². The summed E-state index contributed by atoms with van der Waals surface area (Å²) >= 11 is 0. The van der Waals surface area contributed by atoms with Gasteiger partial charge in [0, 0.05) is 17.3 Å². The molecule has 4 heteroatoms. The second kappa shape index (κ2) is 9.39. The highest BCUT2D eigenvalue weighted by Gasteiger charge is 2.28. The lowest BCUT2D eigenvalue weighted by molar-refractivity contribution is -0.716. The largest absolute Gasteiger partial charge is 0.497 e. The molecule has 3 N–H and O–H groups in total. The monoisotopic (exact) mass is 353 g/mol. The van der Waals surface area contributed by atoms with Crippen LogP contribution in [-0.2, 0) is 4.79 Å². The molecule has 2 aromatic rings. The Bertz CT molecular complexity index is 694. The molecule has 0 spiro atoms. The highest BCUT2D eigenvalue weighted by molar-refractivity contribution is 5.94. The topological polar surface area (TPSA) is 54.9 Å². The Balaban J connectivity index is 1.76. The highest BCUT2D eigenvalue weighted by Crippen LogP contribution is 2.20. The first kappa shape index (κ1) is 18.5. The summed E-state index contributed by atoms with van der Waals surface area (Å²) in [4.78, 5) is 13.1. The second-order valence-electron chi connectivity index (χ2n) is 7.05. The van der Waals surface area contributed by atoms with E-state index in [0.717, 1.165) is 17.0 Å². The molecular weight excluding hydrogens is 324 g/mol. The molecule has 0 aromatic heterocycles. The van der Waals surface area contributed by atoms with Gasteiger partial charge >= 0.3 is 0 Å². The molecule has 1 fully saturated rings. The summed E-state index contributed by atoms with van der Waals surface area (Å²) in [6, 6.07) is 17.9. The van der Waals surface area contributed by atoms with Crippen molar-refractivity contribution in [2.75, 3.05) is 12.4 Å². The molecular formula is C22H29N2O2+. The third-order valence-electron chi connectivity index (χ3n) is 5.14. The average molecular weight is 353 g/mol. The molecule has 26 heavy (non-hydrogen) atoms. The van der Waals surface area contributed by atoms with Crippen LogP contribution in [0.25, 0.3) is 0 Å². The standard InChI is InChI=1S/C22H28N2O2/c1-26-20-15-9-14-19(16-20)24-22(25)21(17-10-5-4-6-11-17)23-18-12-7-2-3-8-13-18/h4-6,9-11,14-16,18,21,23H,2-3,7-8,12-13H2,1H3,(H,24,25)/p+1/t21-/m1/s1. The van der Waals surface area contributed by atoms with E-state index in [1.807, 2.05) is 54.6 Å². The number of benzene rings is 2. The lowest BCUT2D eigenvalue weighted by atomic mass is 10.0. The Labute approximate surface area is 156 Å². The van der Waals surface area contributed by atoms with Gasteiger partial charge in [-0.2, -0.15) is 0 Å². The van der Waals surface area contributed by atoms with Gasteiger partial charge in [0.05, 0.1) is 13.2 Å². The van der Waals surface area contributed by atoms with Crippen LogP contribution in [0.3, 0.4) is 0 Å². The fourth-order valence-corrected chi connectivity index (χ4v) is 3.71. The van der Waals surface area contributed by atoms with Crippen molar-refractivity contribution >= 4 is 11.6 Å². The van der Waals surface area contributed by atoms with Crippen LogP contribution in [0.15, 0.2) is 54.6 Å². The zero-order valence-electron chi connectivity index (χ0n) is 15.5. The van der Waals surface area contributed by atoms with Gasteiger partial charge in [-0.05, 0) is 37.8 Å². The smallest absolute Gasteiger partial charge is 0.287 e. The molecule has 0 aliphatic heterocycles. The summed E-state index contributed by atoms with van der Waals surface area (Å²) in [5.41, 5.74) is 1.82. The number of nitrogens with two attached hydrogens (primary N) is 1. The van der Waals surface area contributed by atoms with Gasteiger partial charge in [-0.1, -0.05) is 49.2 Å². The minimum Gasteiger partial charge on any atom is -0.497 e. The number of anilines is 1. The predicted molar refractivity (Wildman–Crippen MR) is 104 cm³/mol. The van der Waals surface area contributed by atoms with Gasteiger partial charge in [0.2, 0.25) is 0 Å². The molecule has 0 bridgehead atoms. The van der Waals surface area contributed by atoms with Crippen LogP contribution < -0.4 is 15.4 Å². The molecule has 0 heterocycles. The third kappa shape index (κ3) is 5.09. The van der Waals surface area contributed by atoms with Crippen molar-refractivity contribution in [1.82, 2.24) is 0 Å². The van der Waals surface area contributed by atoms with Crippen LogP contribution in [0.1, 0.15) is 50.1 Å². The van der Waals surface area contributed by atoms with E-state index in [1.54, 1.807) is 7.11 Å². The van der Waals surface area contributed by atoms with Crippen molar-refractivity contribution in [3.05, 3.63) is 60.2 Å². The summed E-state index contributed by atoms with van der Waals surface area (Å²) in [6.07, 6.45) is 7.54. The molecule has 1 aliphatic carbocycles. The van der Waals surface area contributed by atoms with E-state index >= 15 is 0 Å². The fraction of sp³-hybridized carbons (Fsp3) is 0.409. The van der Waals surface area contributed by atoms with E-state index < -0.39 is 0 Å². The van der Waals surface area contributed by atoms with Gasteiger partial charge in [-0.25, -0.2) is 0 Å².